The Hall–Kier alpha value is -2.30. The van der Waals surface area contributed by atoms with Gasteiger partial charge in [-0.1, -0.05) is 24.3 Å². The Balaban J connectivity index is 2.02. The Bertz CT molecular complexity index is 499. The molecule has 0 radical (unpaired) electrons. The molecular formula is C13H17N5. The summed E-state index contributed by atoms with van der Waals surface area (Å²) < 4.78 is 0. The molecule has 4 N–H and O–H groups in total. The number of aromatic amines is 1. The maximum Gasteiger partial charge on any atom is 0.188 e. The highest BCUT2D eigenvalue weighted by atomic mass is 15.1. The first-order valence-corrected chi connectivity index (χ1v) is 5.92. The van der Waals surface area contributed by atoms with Crippen LogP contribution in [0.1, 0.15) is 12.5 Å². The molecule has 1 aromatic carbocycles. The quantitative estimate of drug-likeness (QED) is 0.562. The van der Waals surface area contributed by atoms with Crippen molar-refractivity contribution >= 4 is 5.96 Å². The number of H-pyrrole nitrogens is 1. The number of nitrogens with zero attached hydrogens (tertiary/aromatic N) is 2. The van der Waals surface area contributed by atoms with E-state index in [1.54, 1.807) is 6.20 Å². The summed E-state index contributed by atoms with van der Waals surface area (Å²) in [5.74, 6) is 0.482. The number of hydrogen-bond acceptors (Lipinski definition) is 2. The summed E-state index contributed by atoms with van der Waals surface area (Å²) in [7, 11) is 0. The van der Waals surface area contributed by atoms with Gasteiger partial charge in [-0.15, -0.1) is 0 Å². The fraction of sp³-hybridized carbons (Fsp3) is 0.231. The summed E-state index contributed by atoms with van der Waals surface area (Å²) in [4.78, 5) is 4.24. The van der Waals surface area contributed by atoms with Crippen LogP contribution in [0.5, 0.6) is 0 Å². The zero-order chi connectivity index (χ0) is 12.8. The van der Waals surface area contributed by atoms with Crippen LogP contribution in [0.3, 0.4) is 0 Å². The molecule has 0 bridgehead atoms. The van der Waals surface area contributed by atoms with Crippen LogP contribution >= 0.6 is 0 Å². The van der Waals surface area contributed by atoms with E-state index in [-0.39, 0.29) is 0 Å². The molecule has 0 aliphatic carbocycles. The number of aliphatic imine (C=N–C) groups is 1. The summed E-state index contributed by atoms with van der Waals surface area (Å²) in [6, 6.07) is 10.1. The third-order valence-electron chi connectivity index (χ3n) is 2.56. The van der Waals surface area contributed by atoms with Gasteiger partial charge in [0.15, 0.2) is 5.96 Å². The first-order chi connectivity index (χ1) is 8.79. The standard InChI is InChI=1S/C13H17N5/c1-2-15-13(14)16-9-10-3-5-11(6-4-10)12-7-8-17-18-12/h3-8H,2,9H2,1H3,(H,17,18)(H3,14,15,16). The van der Waals surface area contributed by atoms with E-state index in [4.69, 9.17) is 5.73 Å². The second-order valence-electron chi connectivity index (χ2n) is 3.90. The van der Waals surface area contributed by atoms with Gasteiger partial charge in [-0.2, -0.15) is 5.10 Å². The number of hydrogen-bond donors (Lipinski definition) is 3. The molecule has 5 heteroatoms. The summed E-state index contributed by atoms with van der Waals surface area (Å²) in [5, 5.41) is 9.83. The first kappa shape index (κ1) is 12.2. The van der Waals surface area contributed by atoms with Crippen molar-refractivity contribution in [3.63, 3.8) is 0 Å². The molecule has 94 valence electrons. The molecule has 0 aliphatic rings. The zero-order valence-corrected chi connectivity index (χ0v) is 10.4. The third kappa shape index (κ3) is 3.10. The van der Waals surface area contributed by atoms with Crippen LogP contribution in [0.4, 0.5) is 0 Å². The first-order valence-electron chi connectivity index (χ1n) is 5.92. The molecule has 1 aromatic heterocycles. The van der Waals surface area contributed by atoms with Gasteiger partial charge in [-0.05, 0) is 24.1 Å². The largest absolute Gasteiger partial charge is 0.370 e. The lowest BCUT2D eigenvalue weighted by molar-refractivity contribution is 0.925. The SMILES string of the molecule is CCNC(N)=NCc1ccc(-c2ccn[nH]2)cc1. The number of nitrogens with two attached hydrogens (primary N) is 1. The maximum absolute atomic E-state index is 5.66. The molecule has 0 spiro atoms. The Kier molecular flexibility index (Phi) is 3.96. The van der Waals surface area contributed by atoms with Crippen LogP contribution in [0.25, 0.3) is 11.3 Å². The van der Waals surface area contributed by atoms with E-state index in [0.717, 1.165) is 23.4 Å². The van der Waals surface area contributed by atoms with Crippen LogP contribution < -0.4 is 11.1 Å². The van der Waals surface area contributed by atoms with Gasteiger partial charge in [0.25, 0.3) is 0 Å². The topological polar surface area (TPSA) is 79.1 Å². The predicted molar refractivity (Wildman–Crippen MR) is 73.0 cm³/mol. The molecule has 0 unspecified atom stereocenters. The minimum atomic E-state index is 0.482. The van der Waals surface area contributed by atoms with Gasteiger partial charge in [-0.3, -0.25) is 5.10 Å². The van der Waals surface area contributed by atoms with Gasteiger partial charge >= 0.3 is 0 Å². The molecule has 0 amide bonds. The lowest BCUT2D eigenvalue weighted by Gasteiger charge is -2.03. The van der Waals surface area contributed by atoms with Crippen molar-refractivity contribution < 1.29 is 0 Å². The molecule has 0 aliphatic heterocycles. The third-order valence-corrected chi connectivity index (χ3v) is 2.56. The molecule has 2 rings (SSSR count). The van der Waals surface area contributed by atoms with Crippen molar-refractivity contribution in [2.24, 2.45) is 10.7 Å². The molecule has 0 atom stereocenters. The highest BCUT2D eigenvalue weighted by Gasteiger charge is 1.98. The van der Waals surface area contributed by atoms with Crippen molar-refractivity contribution in [3.8, 4) is 11.3 Å². The summed E-state index contributed by atoms with van der Waals surface area (Å²) in [5.41, 5.74) is 8.91. The number of aromatic nitrogens is 2. The van der Waals surface area contributed by atoms with E-state index < -0.39 is 0 Å². The fourth-order valence-corrected chi connectivity index (χ4v) is 1.62. The average Bonchev–Trinajstić information content (AvgIpc) is 2.91. The normalized spacial score (nSPS) is 11.5. The van der Waals surface area contributed by atoms with E-state index in [1.165, 1.54) is 0 Å². The number of rotatable bonds is 4. The van der Waals surface area contributed by atoms with E-state index >= 15 is 0 Å². The Labute approximate surface area is 106 Å². The zero-order valence-electron chi connectivity index (χ0n) is 10.4. The van der Waals surface area contributed by atoms with Crippen molar-refractivity contribution in [2.75, 3.05) is 6.54 Å². The van der Waals surface area contributed by atoms with Gasteiger partial charge in [-0.25, -0.2) is 4.99 Å². The molecule has 0 fully saturated rings. The molecule has 0 saturated heterocycles. The summed E-state index contributed by atoms with van der Waals surface area (Å²) in [6.07, 6.45) is 1.74. The highest BCUT2D eigenvalue weighted by molar-refractivity contribution is 5.77. The van der Waals surface area contributed by atoms with E-state index in [9.17, 15) is 0 Å². The minimum Gasteiger partial charge on any atom is -0.370 e. The van der Waals surface area contributed by atoms with Crippen LogP contribution in [0, 0.1) is 0 Å². The Morgan fingerprint density at radius 2 is 2.11 bits per heavy atom. The van der Waals surface area contributed by atoms with E-state index in [0.29, 0.717) is 12.5 Å². The second kappa shape index (κ2) is 5.86. The molecule has 0 saturated carbocycles. The molecular weight excluding hydrogens is 226 g/mol. The van der Waals surface area contributed by atoms with Crippen LogP contribution in [-0.4, -0.2) is 22.7 Å². The van der Waals surface area contributed by atoms with Crippen molar-refractivity contribution in [2.45, 2.75) is 13.5 Å². The Morgan fingerprint density at radius 1 is 1.33 bits per heavy atom. The smallest absolute Gasteiger partial charge is 0.188 e. The monoisotopic (exact) mass is 243 g/mol. The van der Waals surface area contributed by atoms with E-state index in [1.807, 2.05) is 37.3 Å². The van der Waals surface area contributed by atoms with Gasteiger partial charge in [0.1, 0.15) is 0 Å². The minimum absolute atomic E-state index is 0.482. The van der Waals surface area contributed by atoms with Crippen molar-refractivity contribution in [1.82, 2.24) is 15.5 Å². The summed E-state index contributed by atoms with van der Waals surface area (Å²) >= 11 is 0. The molecule has 5 nitrogen and oxygen atoms in total. The number of benzene rings is 1. The van der Waals surface area contributed by atoms with Crippen LogP contribution in [0.15, 0.2) is 41.5 Å². The molecule has 1 heterocycles. The van der Waals surface area contributed by atoms with Crippen LogP contribution in [-0.2, 0) is 6.54 Å². The van der Waals surface area contributed by atoms with Crippen molar-refractivity contribution in [1.29, 1.82) is 0 Å². The van der Waals surface area contributed by atoms with Gasteiger partial charge in [0.05, 0.1) is 12.2 Å². The highest BCUT2D eigenvalue weighted by Crippen LogP contribution is 2.16. The predicted octanol–water partition coefficient (Wildman–Crippen LogP) is 1.50. The average molecular weight is 243 g/mol. The fourth-order valence-electron chi connectivity index (χ4n) is 1.62. The van der Waals surface area contributed by atoms with Crippen molar-refractivity contribution in [3.05, 3.63) is 42.1 Å². The lowest BCUT2D eigenvalue weighted by atomic mass is 10.1. The maximum atomic E-state index is 5.66. The lowest BCUT2D eigenvalue weighted by Crippen LogP contribution is -2.31. The van der Waals surface area contributed by atoms with Crippen LogP contribution in [0.2, 0.25) is 0 Å². The second-order valence-corrected chi connectivity index (χ2v) is 3.90. The number of guanidine groups is 1. The molecule has 18 heavy (non-hydrogen) atoms. The van der Waals surface area contributed by atoms with Gasteiger partial charge in [0, 0.05) is 12.7 Å². The van der Waals surface area contributed by atoms with E-state index in [2.05, 4.69) is 20.5 Å². The van der Waals surface area contributed by atoms with Gasteiger partial charge < -0.3 is 11.1 Å². The summed E-state index contributed by atoms with van der Waals surface area (Å²) in [6.45, 7) is 3.36. The molecule has 2 aromatic rings. The van der Waals surface area contributed by atoms with Gasteiger partial charge in [0.2, 0.25) is 0 Å². The Morgan fingerprint density at radius 3 is 2.72 bits per heavy atom. The number of nitrogens with one attached hydrogen (secondary N) is 2.